The maximum Gasteiger partial charge on any atom is 0.224 e. The first-order valence-electron chi connectivity index (χ1n) is 9.36. The summed E-state index contributed by atoms with van der Waals surface area (Å²) in [5.74, 6) is 0.927. The molecule has 0 spiro atoms. The highest BCUT2D eigenvalue weighted by molar-refractivity contribution is 5.90. The van der Waals surface area contributed by atoms with Crippen LogP contribution in [0.4, 0.5) is 5.69 Å². The summed E-state index contributed by atoms with van der Waals surface area (Å²) >= 11 is 0. The predicted octanol–water partition coefficient (Wildman–Crippen LogP) is 5.13. The molecule has 1 amide bonds. The minimum Gasteiger partial charge on any atom is -0.326 e. The van der Waals surface area contributed by atoms with Gasteiger partial charge in [-0.15, -0.1) is 0 Å². The Hall–Kier alpha value is -3.00. The van der Waals surface area contributed by atoms with Crippen LogP contribution in [-0.4, -0.2) is 5.91 Å². The molecule has 138 valence electrons. The van der Waals surface area contributed by atoms with E-state index in [0.29, 0.717) is 23.8 Å². The summed E-state index contributed by atoms with van der Waals surface area (Å²) in [6.07, 6.45) is 4.71. The number of carbonyl (C=O) groups is 1. The van der Waals surface area contributed by atoms with Crippen molar-refractivity contribution < 1.29 is 4.79 Å². The quantitative estimate of drug-likeness (QED) is 0.724. The second kappa shape index (κ2) is 9.09. The molecule has 0 aliphatic heterocycles. The summed E-state index contributed by atoms with van der Waals surface area (Å²) in [4.78, 5) is 22.8. The van der Waals surface area contributed by atoms with E-state index in [1.54, 1.807) is 24.3 Å². The largest absolute Gasteiger partial charge is 0.326 e. The van der Waals surface area contributed by atoms with Gasteiger partial charge in [0.15, 0.2) is 0 Å². The molecule has 1 saturated carbocycles. The normalized spacial score (nSPS) is 19.1. The van der Waals surface area contributed by atoms with Gasteiger partial charge >= 0.3 is 0 Å². The number of nitriles is 1. The van der Waals surface area contributed by atoms with Gasteiger partial charge in [0.25, 0.3) is 0 Å². The molecule has 0 bridgehead atoms. The molecule has 0 saturated heterocycles. The van der Waals surface area contributed by atoms with Crippen LogP contribution in [0.25, 0.3) is 0 Å². The van der Waals surface area contributed by atoms with Crippen molar-refractivity contribution in [3.05, 3.63) is 70.1 Å². The molecule has 0 heterocycles. The van der Waals surface area contributed by atoms with Crippen LogP contribution >= 0.6 is 0 Å². The molecule has 5 nitrogen and oxygen atoms in total. The third kappa shape index (κ3) is 5.24. The van der Waals surface area contributed by atoms with Gasteiger partial charge in [0.05, 0.1) is 11.6 Å². The van der Waals surface area contributed by atoms with Crippen LogP contribution in [0.3, 0.4) is 0 Å². The first-order valence-corrected chi connectivity index (χ1v) is 9.36. The molecular formula is C22H23N3O2. The Morgan fingerprint density at radius 2 is 1.85 bits per heavy atom. The number of carbonyl (C=O) groups excluding carboxylic acids is 1. The third-order valence-corrected chi connectivity index (χ3v) is 5.29. The summed E-state index contributed by atoms with van der Waals surface area (Å²) in [5.41, 5.74) is 3.55. The lowest BCUT2D eigenvalue weighted by Crippen LogP contribution is -2.20. The van der Waals surface area contributed by atoms with Gasteiger partial charge in [-0.3, -0.25) is 4.79 Å². The lowest BCUT2D eigenvalue weighted by atomic mass is 9.77. The highest BCUT2D eigenvalue weighted by Gasteiger charge is 2.24. The molecule has 27 heavy (non-hydrogen) atoms. The van der Waals surface area contributed by atoms with E-state index in [2.05, 4.69) is 28.7 Å². The number of anilines is 1. The van der Waals surface area contributed by atoms with Crippen LogP contribution in [0, 0.1) is 22.2 Å². The van der Waals surface area contributed by atoms with Crippen molar-refractivity contribution in [2.75, 3.05) is 5.32 Å². The van der Waals surface area contributed by atoms with Gasteiger partial charge in [-0.1, -0.05) is 29.4 Å². The second-order valence-corrected chi connectivity index (χ2v) is 7.19. The molecular weight excluding hydrogens is 338 g/mol. The fourth-order valence-corrected chi connectivity index (χ4v) is 3.82. The van der Waals surface area contributed by atoms with Gasteiger partial charge in [-0.25, -0.2) is 0 Å². The van der Waals surface area contributed by atoms with Gasteiger partial charge in [-0.05, 0) is 72.9 Å². The van der Waals surface area contributed by atoms with Gasteiger partial charge in [0.2, 0.25) is 5.91 Å². The average molecular weight is 361 g/mol. The average Bonchev–Trinajstić information content (AvgIpc) is 2.69. The number of rotatable bonds is 6. The minimum absolute atomic E-state index is 0.0298. The summed E-state index contributed by atoms with van der Waals surface area (Å²) in [7, 11) is 0. The van der Waals surface area contributed by atoms with Gasteiger partial charge in [0.1, 0.15) is 6.54 Å². The standard InChI is InChI=1S/C22H23N3O2/c23-14-17-6-10-21(11-7-17)25-22(26)13-16-4-8-19(9-5-16)20-3-1-2-18(12-20)15-24-27/h1-3,6-7,10-12,16,19H,4-5,8-9,13,15H2,(H,25,26)/t16-,19+. The first-order chi connectivity index (χ1) is 13.2. The Labute approximate surface area is 159 Å². The highest BCUT2D eigenvalue weighted by Crippen LogP contribution is 2.37. The maximum absolute atomic E-state index is 12.3. The Balaban J connectivity index is 1.48. The van der Waals surface area contributed by atoms with Crippen LogP contribution < -0.4 is 5.32 Å². The van der Waals surface area contributed by atoms with Crippen LogP contribution in [-0.2, 0) is 11.3 Å². The fourth-order valence-electron chi connectivity index (χ4n) is 3.82. The molecule has 5 heteroatoms. The molecule has 0 radical (unpaired) electrons. The monoisotopic (exact) mass is 361 g/mol. The summed E-state index contributed by atoms with van der Waals surface area (Å²) < 4.78 is 0. The fraction of sp³-hybridized carbons (Fsp3) is 0.364. The number of nitrogens with zero attached hydrogens (tertiary/aromatic N) is 2. The van der Waals surface area contributed by atoms with E-state index in [9.17, 15) is 9.70 Å². The Morgan fingerprint density at radius 3 is 2.52 bits per heavy atom. The number of benzene rings is 2. The topological polar surface area (TPSA) is 82.3 Å². The van der Waals surface area contributed by atoms with E-state index in [4.69, 9.17) is 5.26 Å². The van der Waals surface area contributed by atoms with Gasteiger partial charge in [0, 0.05) is 12.1 Å². The molecule has 0 atom stereocenters. The SMILES string of the molecule is N#Cc1ccc(NC(=O)C[C@H]2CC[C@@H](c3cccc(CN=O)c3)CC2)cc1. The Kier molecular flexibility index (Phi) is 6.32. The third-order valence-electron chi connectivity index (χ3n) is 5.29. The lowest BCUT2D eigenvalue weighted by molar-refractivity contribution is -0.117. The van der Waals surface area contributed by atoms with E-state index < -0.39 is 0 Å². The maximum atomic E-state index is 12.3. The summed E-state index contributed by atoms with van der Waals surface area (Å²) in [6.45, 7) is 0.221. The zero-order valence-corrected chi connectivity index (χ0v) is 15.2. The first kappa shape index (κ1) is 18.8. The second-order valence-electron chi connectivity index (χ2n) is 7.19. The predicted molar refractivity (Wildman–Crippen MR) is 105 cm³/mol. The van der Waals surface area contributed by atoms with Crippen LogP contribution in [0.2, 0.25) is 0 Å². The highest BCUT2D eigenvalue weighted by atomic mass is 16.3. The molecule has 1 aliphatic carbocycles. The van der Waals surface area contributed by atoms with E-state index in [-0.39, 0.29) is 12.5 Å². The van der Waals surface area contributed by atoms with Crippen LogP contribution in [0.15, 0.2) is 53.7 Å². The zero-order chi connectivity index (χ0) is 19.1. The molecule has 1 aliphatic rings. The Bertz CT molecular complexity index is 831. The van der Waals surface area contributed by atoms with Crippen LogP contribution in [0.1, 0.15) is 54.7 Å². The molecule has 0 unspecified atom stereocenters. The van der Waals surface area contributed by atoms with Crippen molar-refractivity contribution in [1.82, 2.24) is 0 Å². The zero-order valence-electron chi connectivity index (χ0n) is 15.2. The van der Waals surface area contributed by atoms with E-state index in [1.807, 2.05) is 12.1 Å². The van der Waals surface area contributed by atoms with Crippen LogP contribution in [0.5, 0.6) is 0 Å². The number of nitroso groups, excluding NO2 is 1. The van der Waals surface area contributed by atoms with Crippen molar-refractivity contribution in [2.45, 2.75) is 44.6 Å². The lowest BCUT2D eigenvalue weighted by Gasteiger charge is -2.28. The number of hydrogen-bond acceptors (Lipinski definition) is 4. The minimum atomic E-state index is 0.0298. The molecule has 0 aromatic heterocycles. The molecule has 2 aromatic rings. The molecule has 2 aromatic carbocycles. The van der Waals surface area contributed by atoms with E-state index in [0.717, 1.165) is 36.9 Å². The van der Waals surface area contributed by atoms with Crippen molar-refractivity contribution in [1.29, 1.82) is 5.26 Å². The molecule has 3 rings (SSSR count). The Morgan fingerprint density at radius 1 is 1.11 bits per heavy atom. The summed E-state index contributed by atoms with van der Waals surface area (Å²) in [5, 5.41) is 14.7. The van der Waals surface area contributed by atoms with Gasteiger partial charge < -0.3 is 5.32 Å². The van der Waals surface area contributed by atoms with Crippen molar-refractivity contribution >= 4 is 11.6 Å². The van der Waals surface area contributed by atoms with Gasteiger partial charge in [-0.2, -0.15) is 10.2 Å². The number of hydrogen-bond donors (Lipinski definition) is 1. The number of nitrogens with one attached hydrogen (secondary N) is 1. The number of amides is 1. The van der Waals surface area contributed by atoms with Crippen molar-refractivity contribution in [3.63, 3.8) is 0 Å². The summed E-state index contributed by atoms with van der Waals surface area (Å²) in [6, 6.07) is 17.1. The smallest absolute Gasteiger partial charge is 0.224 e. The van der Waals surface area contributed by atoms with E-state index in [1.165, 1.54) is 5.56 Å². The van der Waals surface area contributed by atoms with Crippen molar-refractivity contribution in [2.24, 2.45) is 11.1 Å². The molecule has 1 N–H and O–H groups in total. The van der Waals surface area contributed by atoms with Crippen molar-refractivity contribution in [3.8, 4) is 6.07 Å². The van der Waals surface area contributed by atoms with E-state index >= 15 is 0 Å². The molecule has 1 fully saturated rings.